The number of pyridine rings is 1. The molecule has 0 bridgehead atoms. The monoisotopic (exact) mass is 436 g/mol. The summed E-state index contributed by atoms with van der Waals surface area (Å²) in [4.78, 5) is 7.01. The first-order valence-corrected chi connectivity index (χ1v) is 11.3. The van der Waals surface area contributed by atoms with Crippen LogP contribution in [0, 0.1) is 5.92 Å². The maximum absolute atomic E-state index is 6.42. The molecule has 4 nitrogen and oxygen atoms in total. The van der Waals surface area contributed by atoms with Gasteiger partial charge in [0, 0.05) is 17.8 Å². The average molecular weight is 437 g/mol. The Hall–Kier alpha value is -2.40. The summed E-state index contributed by atoms with van der Waals surface area (Å²) in [7, 11) is 0. The smallest absolute Gasteiger partial charge is 0.124 e. The Morgan fingerprint density at radius 3 is 2.39 bits per heavy atom. The van der Waals surface area contributed by atoms with Crippen LogP contribution in [-0.4, -0.2) is 42.7 Å². The van der Waals surface area contributed by atoms with Crippen LogP contribution in [0.2, 0.25) is 5.02 Å². The minimum absolute atomic E-state index is 0.171. The van der Waals surface area contributed by atoms with Crippen molar-refractivity contribution in [3.63, 3.8) is 0 Å². The molecular weight excluding hydrogens is 408 g/mol. The van der Waals surface area contributed by atoms with Crippen molar-refractivity contribution >= 4 is 11.6 Å². The number of para-hydroxylation sites is 1. The van der Waals surface area contributed by atoms with Gasteiger partial charge < -0.3 is 9.47 Å². The second-order valence-electron chi connectivity index (χ2n) is 7.97. The van der Waals surface area contributed by atoms with Crippen molar-refractivity contribution < 1.29 is 9.47 Å². The highest BCUT2D eigenvalue weighted by atomic mass is 35.5. The third kappa shape index (κ3) is 6.54. The largest absolute Gasteiger partial charge is 0.492 e. The predicted octanol–water partition coefficient (Wildman–Crippen LogP) is 5.63. The van der Waals surface area contributed by atoms with E-state index in [4.69, 9.17) is 21.1 Å². The number of nitrogens with zero attached hydrogens (tertiary/aromatic N) is 2. The Bertz CT molecular complexity index is 898. The third-order valence-corrected chi connectivity index (χ3v) is 6.01. The number of piperidine rings is 1. The number of hydrogen-bond acceptors (Lipinski definition) is 4. The van der Waals surface area contributed by atoms with Crippen LogP contribution < -0.4 is 4.74 Å². The molecule has 0 saturated carbocycles. The summed E-state index contributed by atoms with van der Waals surface area (Å²) in [6.07, 6.45) is 3.93. The molecule has 1 aliphatic rings. The molecule has 1 saturated heterocycles. The minimum Gasteiger partial charge on any atom is -0.492 e. The van der Waals surface area contributed by atoms with Crippen LogP contribution >= 0.6 is 11.6 Å². The highest BCUT2D eigenvalue weighted by molar-refractivity contribution is 6.30. The Balaban J connectivity index is 1.25. The van der Waals surface area contributed by atoms with E-state index in [1.54, 1.807) is 0 Å². The van der Waals surface area contributed by atoms with Crippen LogP contribution in [0.15, 0.2) is 79.0 Å². The molecule has 0 radical (unpaired) electrons. The molecule has 1 aromatic heterocycles. The van der Waals surface area contributed by atoms with Gasteiger partial charge in [0.1, 0.15) is 18.5 Å². The lowest BCUT2D eigenvalue weighted by molar-refractivity contribution is 0.0277. The number of halogens is 1. The Kier molecular flexibility index (Phi) is 7.94. The Labute approximate surface area is 189 Å². The van der Waals surface area contributed by atoms with Gasteiger partial charge in [0.25, 0.3) is 0 Å². The van der Waals surface area contributed by atoms with E-state index in [9.17, 15) is 0 Å². The van der Waals surface area contributed by atoms with Gasteiger partial charge in [-0.3, -0.25) is 9.88 Å². The van der Waals surface area contributed by atoms with Gasteiger partial charge in [-0.15, -0.1) is 0 Å². The number of likely N-dealkylation sites (tertiary alicyclic amines) is 1. The molecule has 2 heterocycles. The van der Waals surface area contributed by atoms with Crippen molar-refractivity contribution in [2.45, 2.75) is 18.9 Å². The Morgan fingerprint density at radius 1 is 0.935 bits per heavy atom. The van der Waals surface area contributed by atoms with Gasteiger partial charge in [-0.05, 0) is 73.8 Å². The van der Waals surface area contributed by atoms with Crippen molar-refractivity contribution in [2.75, 3.05) is 32.8 Å². The molecule has 4 rings (SSSR count). The molecular formula is C26H29ClN2O2. The van der Waals surface area contributed by atoms with E-state index < -0.39 is 0 Å². The fourth-order valence-corrected chi connectivity index (χ4v) is 4.07. The molecule has 0 unspecified atom stereocenters. The van der Waals surface area contributed by atoms with Gasteiger partial charge in [0.2, 0.25) is 0 Å². The summed E-state index contributed by atoms with van der Waals surface area (Å²) in [5.74, 6) is 1.50. The molecule has 0 N–H and O–H groups in total. The fourth-order valence-electron chi connectivity index (χ4n) is 3.94. The summed E-state index contributed by atoms with van der Waals surface area (Å²) in [6, 6.07) is 23.8. The number of benzene rings is 2. The van der Waals surface area contributed by atoms with E-state index in [1.165, 1.54) is 0 Å². The molecule has 3 aromatic rings. The third-order valence-electron chi connectivity index (χ3n) is 5.75. The van der Waals surface area contributed by atoms with E-state index in [-0.39, 0.29) is 6.10 Å². The second-order valence-corrected chi connectivity index (χ2v) is 8.40. The van der Waals surface area contributed by atoms with Crippen LogP contribution in [0.1, 0.15) is 30.2 Å². The van der Waals surface area contributed by atoms with E-state index >= 15 is 0 Å². The van der Waals surface area contributed by atoms with Crippen molar-refractivity contribution in [3.8, 4) is 5.75 Å². The minimum atomic E-state index is -0.171. The van der Waals surface area contributed by atoms with Crippen molar-refractivity contribution in [1.29, 1.82) is 0 Å². The van der Waals surface area contributed by atoms with Gasteiger partial charge in [-0.1, -0.05) is 48.0 Å². The van der Waals surface area contributed by atoms with Gasteiger partial charge in [-0.2, -0.15) is 0 Å². The van der Waals surface area contributed by atoms with Crippen LogP contribution in [0.5, 0.6) is 5.75 Å². The predicted molar refractivity (Wildman–Crippen MR) is 125 cm³/mol. The SMILES string of the molecule is Clc1ccc([C@@H](OCC2CCN(CCOc3ccccc3)CC2)c2ccccn2)cc1. The van der Waals surface area contributed by atoms with Crippen molar-refractivity contribution in [3.05, 3.63) is 95.3 Å². The highest BCUT2D eigenvalue weighted by Gasteiger charge is 2.22. The van der Waals surface area contributed by atoms with Gasteiger partial charge in [0.15, 0.2) is 0 Å². The number of ether oxygens (including phenoxy) is 2. The standard InChI is InChI=1S/C26H29ClN2O2/c27-23-11-9-22(10-12-23)26(25-8-4-5-15-28-25)31-20-21-13-16-29(17-14-21)18-19-30-24-6-2-1-3-7-24/h1-12,15,21,26H,13-14,16-20H2/t26-/m1/s1. The molecule has 31 heavy (non-hydrogen) atoms. The van der Waals surface area contributed by atoms with Gasteiger partial charge >= 0.3 is 0 Å². The fraction of sp³-hybridized carbons (Fsp3) is 0.346. The van der Waals surface area contributed by atoms with Gasteiger partial charge in [0.05, 0.1) is 12.3 Å². The molecule has 1 aliphatic heterocycles. The van der Waals surface area contributed by atoms with Crippen LogP contribution in [0.25, 0.3) is 0 Å². The zero-order valence-corrected chi connectivity index (χ0v) is 18.5. The maximum Gasteiger partial charge on any atom is 0.124 e. The Morgan fingerprint density at radius 2 is 1.68 bits per heavy atom. The van der Waals surface area contributed by atoms with E-state index in [0.29, 0.717) is 5.92 Å². The second kappa shape index (κ2) is 11.3. The quantitative estimate of drug-likeness (QED) is 0.435. The average Bonchev–Trinajstić information content (AvgIpc) is 2.83. The summed E-state index contributed by atoms with van der Waals surface area (Å²) in [5.41, 5.74) is 2.01. The lowest BCUT2D eigenvalue weighted by atomic mass is 9.97. The van der Waals surface area contributed by atoms with Crippen LogP contribution in [-0.2, 0) is 4.74 Å². The summed E-state index contributed by atoms with van der Waals surface area (Å²) < 4.78 is 12.3. The molecule has 0 aliphatic carbocycles. The first-order valence-electron chi connectivity index (χ1n) is 11.0. The molecule has 5 heteroatoms. The van der Waals surface area contributed by atoms with E-state index in [2.05, 4.69) is 9.88 Å². The summed E-state index contributed by atoms with van der Waals surface area (Å²) in [6.45, 7) is 4.59. The summed E-state index contributed by atoms with van der Waals surface area (Å²) in [5, 5.41) is 0.729. The zero-order valence-electron chi connectivity index (χ0n) is 17.7. The van der Waals surface area contributed by atoms with E-state index in [0.717, 1.165) is 67.7 Å². The normalized spacial score (nSPS) is 16.2. The first-order chi connectivity index (χ1) is 15.3. The lowest BCUT2D eigenvalue weighted by Gasteiger charge is -2.32. The molecule has 162 valence electrons. The van der Waals surface area contributed by atoms with Gasteiger partial charge in [-0.25, -0.2) is 0 Å². The van der Waals surface area contributed by atoms with Crippen molar-refractivity contribution in [1.82, 2.24) is 9.88 Å². The number of hydrogen-bond donors (Lipinski definition) is 0. The molecule has 0 amide bonds. The van der Waals surface area contributed by atoms with Crippen LogP contribution in [0.4, 0.5) is 0 Å². The highest BCUT2D eigenvalue weighted by Crippen LogP contribution is 2.28. The first kappa shape index (κ1) is 21.8. The topological polar surface area (TPSA) is 34.6 Å². The molecule has 0 spiro atoms. The number of aromatic nitrogens is 1. The van der Waals surface area contributed by atoms with Crippen LogP contribution in [0.3, 0.4) is 0 Å². The molecule has 1 fully saturated rings. The molecule has 1 atom stereocenters. The zero-order chi connectivity index (χ0) is 21.3. The lowest BCUT2D eigenvalue weighted by Crippen LogP contribution is -2.37. The van der Waals surface area contributed by atoms with Crippen molar-refractivity contribution in [2.24, 2.45) is 5.92 Å². The maximum atomic E-state index is 6.42. The van der Waals surface area contributed by atoms with E-state index in [1.807, 2.05) is 79.0 Å². The number of rotatable bonds is 9. The summed E-state index contributed by atoms with van der Waals surface area (Å²) >= 11 is 6.08. The molecule has 2 aromatic carbocycles.